The molecule has 3 nitrogen and oxygen atoms in total. The van der Waals surface area contributed by atoms with Crippen molar-refractivity contribution in [1.82, 2.24) is 5.32 Å². The maximum Gasteiger partial charge on any atom is 0.106 e. The largest absolute Gasteiger partial charge is 0.399 e. The quantitative estimate of drug-likeness (QED) is 0.608. The van der Waals surface area contributed by atoms with Crippen molar-refractivity contribution in [2.24, 2.45) is 5.16 Å². The highest BCUT2D eigenvalue weighted by atomic mass is 16.6. The van der Waals surface area contributed by atoms with E-state index in [9.17, 15) is 0 Å². The molecule has 64 valence electrons. The van der Waals surface area contributed by atoms with Crippen molar-refractivity contribution in [3.8, 4) is 0 Å². The van der Waals surface area contributed by atoms with Crippen molar-refractivity contribution in [3.63, 3.8) is 0 Å². The Hall–Kier alpha value is -0.570. The maximum absolute atomic E-state index is 4.72. The summed E-state index contributed by atoms with van der Waals surface area (Å²) in [5, 5.41) is 7.21. The summed E-state index contributed by atoms with van der Waals surface area (Å²) in [5.41, 5.74) is 1.21. The van der Waals surface area contributed by atoms with Gasteiger partial charge in [-0.15, -0.1) is 0 Å². The first kappa shape index (κ1) is 8.53. The van der Waals surface area contributed by atoms with E-state index in [0.717, 1.165) is 12.8 Å². The number of oxime groups is 1. The van der Waals surface area contributed by atoms with Gasteiger partial charge in [0.2, 0.25) is 0 Å². The molecule has 0 heterocycles. The third-order valence-corrected chi connectivity index (χ3v) is 2.19. The molecule has 0 aliphatic heterocycles. The molecule has 0 unspecified atom stereocenters. The van der Waals surface area contributed by atoms with Crippen molar-refractivity contribution in [3.05, 3.63) is 0 Å². The fourth-order valence-corrected chi connectivity index (χ4v) is 1.46. The molecule has 0 aromatic heterocycles. The maximum atomic E-state index is 4.72. The van der Waals surface area contributed by atoms with E-state index in [0.29, 0.717) is 6.04 Å². The summed E-state index contributed by atoms with van der Waals surface area (Å²) in [5.74, 6) is 0. The molecule has 1 saturated carbocycles. The minimum atomic E-state index is 0.686. The van der Waals surface area contributed by atoms with Crippen LogP contribution in [-0.2, 0) is 4.84 Å². The topological polar surface area (TPSA) is 33.6 Å². The van der Waals surface area contributed by atoms with Gasteiger partial charge in [0.1, 0.15) is 7.11 Å². The third kappa shape index (κ3) is 2.50. The van der Waals surface area contributed by atoms with Crippen LogP contribution < -0.4 is 5.32 Å². The van der Waals surface area contributed by atoms with Crippen molar-refractivity contribution in [1.29, 1.82) is 0 Å². The van der Waals surface area contributed by atoms with Gasteiger partial charge < -0.3 is 10.2 Å². The van der Waals surface area contributed by atoms with Crippen LogP contribution in [0.4, 0.5) is 0 Å². The standard InChI is InChI=1S/C8H16N2O/c1-9-7-3-5-8(6-4-7)10-11-2/h7,9H,3-6H2,1-2H3. The van der Waals surface area contributed by atoms with Gasteiger partial charge in [0, 0.05) is 6.04 Å². The van der Waals surface area contributed by atoms with Gasteiger partial charge in [-0.2, -0.15) is 0 Å². The minimum absolute atomic E-state index is 0.686. The molecule has 1 aliphatic rings. The Balaban J connectivity index is 2.30. The molecular weight excluding hydrogens is 140 g/mol. The van der Waals surface area contributed by atoms with Gasteiger partial charge in [0.25, 0.3) is 0 Å². The number of hydrogen-bond acceptors (Lipinski definition) is 3. The molecule has 0 amide bonds. The monoisotopic (exact) mass is 156 g/mol. The zero-order valence-electron chi connectivity index (χ0n) is 7.26. The van der Waals surface area contributed by atoms with Crippen LogP contribution in [0.3, 0.4) is 0 Å². The third-order valence-electron chi connectivity index (χ3n) is 2.19. The van der Waals surface area contributed by atoms with Crippen LogP contribution in [0.5, 0.6) is 0 Å². The summed E-state index contributed by atoms with van der Waals surface area (Å²) in [6, 6.07) is 0.686. The number of nitrogens with one attached hydrogen (secondary N) is 1. The first-order valence-electron chi connectivity index (χ1n) is 4.13. The van der Waals surface area contributed by atoms with E-state index < -0.39 is 0 Å². The van der Waals surface area contributed by atoms with E-state index >= 15 is 0 Å². The molecule has 0 saturated heterocycles. The Kier molecular flexibility index (Phi) is 3.36. The Morgan fingerprint density at radius 3 is 2.55 bits per heavy atom. The molecule has 11 heavy (non-hydrogen) atoms. The van der Waals surface area contributed by atoms with Crippen LogP contribution in [0.1, 0.15) is 25.7 Å². The second-order valence-electron chi connectivity index (χ2n) is 2.90. The predicted octanol–water partition coefficient (Wildman–Crippen LogP) is 1.15. The summed E-state index contributed by atoms with van der Waals surface area (Å²) >= 11 is 0. The molecule has 1 rings (SSSR count). The molecule has 0 bridgehead atoms. The first-order valence-corrected chi connectivity index (χ1v) is 4.13. The lowest BCUT2D eigenvalue weighted by Crippen LogP contribution is -2.30. The van der Waals surface area contributed by atoms with Crippen LogP contribution in [0.15, 0.2) is 5.16 Å². The SMILES string of the molecule is CNC1CCC(=NOC)CC1. The van der Waals surface area contributed by atoms with E-state index in [1.807, 2.05) is 7.05 Å². The molecule has 1 fully saturated rings. The smallest absolute Gasteiger partial charge is 0.106 e. The summed E-state index contributed by atoms with van der Waals surface area (Å²) < 4.78 is 0. The van der Waals surface area contributed by atoms with E-state index in [1.165, 1.54) is 18.6 Å². The lowest BCUT2D eigenvalue weighted by molar-refractivity contribution is 0.210. The highest BCUT2D eigenvalue weighted by Gasteiger charge is 2.15. The predicted molar refractivity (Wildman–Crippen MR) is 45.8 cm³/mol. The summed E-state index contributed by atoms with van der Waals surface area (Å²) in [7, 11) is 3.63. The lowest BCUT2D eigenvalue weighted by atomic mass is 9.94. The molecule has 0 aromatic carbocycles. The van der Waals surface area contributed by atoms with E-state index in [2.05, 4.69) is 10.5 Å². The van der Waals surface area contributed by atoms with Crippen LogP contribution >= 0.6 is 0 Å². The van der Waals surface area contributed by atoms with Crippen LogP contribution in [0.25, 0.3) is 0 Å². The molecule has 1 N–H and O–H groups in total. The number of rotatable bonds is 2. The average molecular weight is 156 g/mol. The minimum Gasteiger partial charge on any atom is -0.399 e. The first-order chi connectivity index (χ1) is 5.36. The van der Waals surface area contributed by atoms with Crippen LogP contribution in [0.2, 0.25) is 0 Å². The fourth-order valence-electron chi connectivity index (χ4n) is 1.46. The van der Waals surface area contributed by atoms with Crippen molar-refractivity contribution in [2.45, 2.75) is 31.7 Å². The van der Waals surface area contributed by atoms with Gasteiger partial charge >= 0.3 is 0 Å². The van der Waals surface area contributed by atoms with Gasteiger partial charge in [-0.05, 0) is 32.7 Å². The van der Waals surface area contributed by atoms with E-state index in [4.69, 9.17) is 4.84 Å². The molecule has 3 heteroatoms. The van der Waals surface area contributed by atoms with Crippen molar-refractivity contribution in [2.75, 3.05) is 14.2 Å². The van der Waals surface area contributed by atoms with Crippen molar-refractivity contribution >= 4 is 5.71 Å². The van der Waals surface area contributed by atoms with Gasteiger partial charge in [-0.3, -0.25) is 0 Å². The second-order valence-corrected chi connectivity index (χ2v) is 2.90. The summed E-state index contributed by atoms with van der Waals surface area (Å²) in [6.45, 7) is 0. The zero-order chi connectivity index (χ0) is 8.10. The van der Waals surface area contributed by atoms with Gasteiger partial charge in [0.05, 0.1) is 5.71 Å². The van der Waals surface area contributed by atoms with Gasteiger partial charge in [-0.25, -0.2) is 0 Å². The zero-order valence-corrected chi connectivity index (χ0v) is 7.26. The summed E-state index contributed by atoms with van der Waals surface area (Å²) in [4.78, 5) is 4.72. The Morgan fingerprint density at radius 1 is 1.45 bits per heavy atom. The number of hydrogen-bond donors (Lipinski definition) is 1. The average Bonchev–Trinajstić information content (AvgIpc) is 2.07. The Bertz CT molecular complexity index is 135. The molecule has 1 aliphatic carbocycles. The van der Waals surface area contributed by atoms with E-state index in [1.54, 1.807) is 7.11 Å². The van der Waals surface area contributed by atoms with Crippen LogP contribution in [-0.4, -0.2) is 25.9 Å². The second kappa shape index (κ2) is 4.34. The molecule has 0 aromatic rings. The molecular formula is C8H16N2O. The van der Waals surface area contributed by atoms with Gasteiger partial charge in [0.15, 0.2) is 0 Å². The fraction of sp³-hybridized carbons (Fsp3) is 0.875. The van der Waals surface area contributed by atoms with Crippen LogP contribution in [0, 0.1) is 0 Å². The normalized spacial score (nSPS) is 24.9. The Morgan fingerprint density at radius 2 is 2.09 bits per heavy atom. The highest BCUT2D eigenvalue weighted by Crippen LogP contribution is 2.15. The molecule has 0 atom stereocenters. The number of nitrogens with zero attached hydrogens (tertiary/aromatic N) is 1. The van der Waals surface area contributed by atoms with E-state index in [-0.39, 0.29) is 0 Å². The molecule has 0 spiro atoms. The van der Waals surface area contributed by atoms with Gasteiger partial charge in [-0.1, -0.05) is 5.16 Å². The Labute approximate surface area is 67.8 Å². The lowest BCUT2D eigenvalue weighted by Gasteiger charge is -2.21. The molecule has 0 radical (unpaired) electrons. The highest BCUT2D eigenvalue weighted by molar-refractivity contribution is 5.84. The van der Waals surface area contributed by atoms with Crippen molar-refractivity contribution < 1.29 is 4.84 Å². The summed E-state index contributed by atoms with van der Waals surface area (Å²) in [6.07, 6.45) is 4.55.